The lowest BCUT2D eigenvalue weighted by Crippen LogP contribution is -2.49. The van der Waals surface area contributed by atoms with Gasteiger partial charge in [0.1, 0.15) is 7.85 Å². The lowest BCUT2D eigenvalue weighted by Gasteiger charge is -2.40. The molecule has 0 aliphatic rings. The highest BCUT2D eigenvalue weighted by molar-refractivity contribution is 6.93. The van der Waals surface area contributed by atoms with Crippen molar-refractivity contribution in [3.05, 3.63) is 0 Å². The molecule has 0 spiro atoms. The van der Waals surface area contributed by atoms with E-state index in [2.05, 4.69) is 35.5 Å². The monoisotopic (exact) mass is 254 g/mol. The average molecular weight is 254 g/mol. The van der Waals surface area contributed by atoms with Gasteiger partial charge in [-0.25, -0.2) is 0 Å². The van der Waals surface area contributed by atoms with Gasteiger partial charge in [-0.1, -0.05) is 13.8 Å². The summed E-state index contributed by atoms with van der Waals surface area (Å²) in [6.45, 7) is 15.8. The number of hydrogen-bond acceptors (Lipinski definition) is 3. The smallest absolute Gasteiger partial charge is 0.272 e. The van der Waals surface area contributed by atoms with Gasteiger partial charge in [0.15, 0.2) is 0 Å². The van der Waals surface area contributed by atoms with Crippen molar-refractivity contribution in [2.75, 3.05) is 0 Å². The minimum atomic E-state index is -0.869. The molecule has 18 heavy (non-hydrogen) atoms. The molecule has 0 aromatic rings. The molecule has 104 valence electrons. The molecule has 0 saturated heterocycles. The van der Waals surface area contributed by atoms with Gasteiger partial charge in [-0.05, 0) is 46.9 Å². The quantitative estimate of drug-likeness (QED) is 0.539. The number of aliphatic hydroxyl groups is 1. The van der Waals surface area contributed by atoms with Crippen LogP contribution in [0.25, 0.3) is 0 Å². The van der Waals surface area contributed by atoms with E-state index in [9.17, 15) is 5.11 Å². The van der Waals surface area contributed by atoms with Crippen molar-refractivity contribution >= 4 is 22.6 Å². The van der Waals surface area contributed by atoms with Crippen molar-refractivity contribution < 1.29 is 14.4 Å². The van der Waals surface area contributed by atoms with E-state index in [0.717, 1.165) is 0 Å². The van der Waals surface area contributed by atoms with Gasteiger partial charge in [0.05, 0.1) is 11.2 Å². The summed E-state index contributed by atoms with van der Waals surface area (Å²) >= 11 is 0. The predicted molar refractivity (Wildman–Crippen MR) is 83.5 cm³/mol. The predicted octanol–water partition coefficient (Wildman–Crippen LogP) is 0.797. The van der Waals surface area contributed by atoms with Crippen molar-refractivity contribution in [3.63, 3.8) is 0 Å². The largest absolute Gasteiger partial charge is 0.441 e. The van der Waals surface area contributed by atoms with E-state index >= 15 is 0 Å². The Bertz CT molecular complexity index is 237. The summed E-state index contributed by atoms with van der Waals surface area (Å²) in [5.41, 5.74) is -1.65. The molecule has 0 radical (unpaired) electrons. The minimum absolute atomic E-state index is 0.0821. The first-order chi connectivity index (χ1) is 7.71. The van der Waals surface area contributed by atoms with Crippen LogP contribution in [0, 0.1) is 0 Å². The maximum Gasteiger partial charge on any atom is 0.272 e. The van der Waals surface area contributed by atoms with Gasteiger partial charge in [0.2, 0.25) is 0 Å². The SMILES string of the molecule is BC(C)(C)C(C)(C)OBBOC(C)(C)C(C)(C)O. The molecule has 0 amide bonds. The van der Waals surface area contributed by atoms with Crippen LogP contribution in [0.3, 0.4) is 0 Å². The molecule has 0 aliphatic carbocycles. The van der Waals surface area contributed by atoms with Gasteiger partial charge in [-0.15, -0.1) is 0 Å². The van der Waals surface area contributed by atoms with Gasteiger partial charge in [-0.2, -0.15) is 0 Å². The van der Waals surface area contributed by atoms with Crippen LogP contribution in [0.4, 0.5) is 0 Å². The summed E-state index contributed by atoms with van der Waals surface area (Å²) in [6, 6.07) is 0. The Morgan fingerprint density at radius 1 is 0.778 bits per heavy atom. The summed E-state index contributed by atoms with van der Waals surface area (Å²) in [4.78, 5) is 0. The van der Waals surface area contributed by atoms with E-state index in [1.54, 1.807) is 13.8 Å². The zero-order chi connectivity index (χ0) is 14.8. The van der Waals surface area contributed by atoms with Crippen LogP contribution in [0.1, 0.15) is 55.4 Å². The van der Waals surface area contributed by atoms with E-state index in [-0.39, 0.29) is 10.9 Å². The van der Waals surface area contributed by atoms with Crippen molar-refractivity contribution in [2.24, 2.45) is 0 Å². The Morgan fingerprint density at radius 2 is 1.11 bits per heavy atom. The first-order valence-electron chi connectivity index (χ1n) is 6.71. The Hall–Kier alpha value is 0.0748. The van der Waals surface area contributed by atoms with E-state index in [0.29, 0.717) is 14.7 Å². The maximum absolute atomic E-state index is 9.97. The summed E-state index contributed by atoms with van der Waals surface area (Å²) in [7, 11) is 3.18. The van der Waals surface area contributed by atoms with Crippen LogP contribution >= 0.6 is 0 Å². The third kappa shape index (κ3) is 4.98. The third-order valence-corrected chi connectivity index (χ3v) is 4.29. The molecule has 0 aromatic heterocycles. The summed E-state index contributed by atoms with van der Waals surface area (Å²) in [6.07, 6.45) is 0. The van der Waals surface area contributed by atoms with Crippen LogP contribution in [-0.4, -0.2) is 44.5 Å². The normalized spacial score (nSPS) is 14.5. The highest BCUT2D eigenvalue weighted by Crippen LogP contribution is 2.36. The fourth-order valence-corrected chi connectivity index (χ4v) is 0.987. The van der Waals surface area contributed by atoms with Crippen LogP contribution in [0.2, 0.25) is 5.31 Å². The Balaban J connectivity index is 4.17. The standard InChI is InChI=1S/C12H29B3O3/c1-9(2,13)11(5,6)17-14-15-18-12(7,8)10(3,4)16/h14-16H,13H2,1-8H3. The van der Waals surface area contributed by atoms with Crippen LogP contribution in [0.15, 0.2) is 0 Å². The molecule has 6 heteroatoms. The molecule has 0 aromatic carbocycles. The van der Waals surface area contributed by atoms with Crippen LogP contribution in [0.5, 0.6) is 0 Å². The lowest BCUT2D eigenvalue weighted by atomic mass is 9.58. The zero-order valence-corrected chi connectivity index (χ0v) is 13.7. The second-order valence-corrected chi connectivity index (χ2v) is 7.53. The van der Waals surface area contributed by atoms with Crippen LogP contribution < -0.4 is 0 Å². The van der Waals surface area contributed by atoms with Gasteiger partial charge in [-0.3, -0.25) is 0 Å². The Labute approximate surface area is 115 Å². The number of hydrogen-bond donors (Lipinski definition) is 1. The molecule has 0 fully saturated rings. The molecule has 0 unspecified atom stereocenters. The van der Waals surface area contributed by atoms with E-state index < -0.39 is 11.2 Å². The van der Waals surface area contributed by atoms with Crippen molar-refractivity contribution in [2.45, 2.75) is 77.5 Å². The molecule has 0 heterocycles. The summed E-state index contributed by atoms with van der Waals surface area (Å²) in [5, 5.41) is 10.1. The zero-order valence-electron chi connectivity index (χ0n) is 13.7. The highest BCUT2D eigenvalue weighted by atomic mass is 16.5. The van der Waals surface area contributed by atoms with E-state index in [1.165, 1.54) is 0 Å². The minimum Gasteiger partial charge on any atom is -0.441 e. The highest BCUT2D eigenvalue weighted by Gasteiger charge is 2.37. The number of rotatable bonds is 7. The van der Waals surface area contributed by atoms with Gasteiger partial charge < -0.3 is 14.4 Å². The van der Waals surface area contributed by atoms with Crippen molar-refractivity contribution in [3.8, 4) is 0 Å². The maximum atomic E-state index is 9.97. The third-order valence-electron chi connectivity index (χ3n) is 4.29. The van der Waals surface area contributed by atoms with Crippen LogP contribution in [-0.2, 0) is 9.31 Å². The first kappa shape index (κ1) is 18.1. The lowest BCUT2D eigenvalue weighted by molar-refractivity contribution is -0.0892. The molecular weight excluding hydrogens is 225 g/mol. The van der Waals surface area contributed by atoms with Gasteiger partial charge in [0.25, 0.3) is 14.7 Å². The first-order valence-corrected chi connectivity index (χ1v) is 6.71. The molecule has 0 rings (SSSR count). The van der Waals surface area contributed by atoms with Gasteiger partial charge in [0, 0.05) is 5.60 Å². The molecule has 0 aliphatic heterocycles. The Morgan fingerprint density at radius 3 is 1.39 bits per heavy atom. The molecule has 0 bridgehead atoms. The molecule has 3 nitrogen and oxygen atoms in total. The fourth-order valence-electron chi connectivity index (χ4n) is 0.987. The van der Waals surface area contributed by atoms with E-state index in [4.69, 9.17) is 9.31 Å². The van der Waals surface area contributed by atoms with Gasteiger partial charge >= 0.3 is 0 Å². The summed E-state index contributed by atoms with van der Waals surface area (Å²) in [5.74, 6) is 0. The average Bonchev–Trinajstić information content (AvgIpc) is 2.08. The topological polar surface area (TPSA) is 38.7 Å². The molecular formula is C12H29B3O3. The second-order valence-electron chi connectivity index (χ2n) is 7.53. The fraction of sp³-hybridized carbons (Fsp3) is 1.00. The summed E-state index contributed by atoms with van der Waals surface area (Å²) < 4.78 is 11.6. The Kier molecular flexibility index (Phi) is 5.62. The molecule has 0 atom stereocenters. The van der Waals surface area contributed by atoms with Crippen molar-refractivity contribution in [1.82, 2.24) is 0 Å². The molecule has 1 N–H and O–H groups in total. The van der Waals surface area contributed by atoms with E-state index in [1.807, 2.05) is 13.8 Å². The van der Waals surface area contributed by atoms with Crippen molar-refractivity contribution in [1.29, 1.82) is 0 Å². The molecule has 0 saturated carbocycles. The second kappa shape index (κ2) is 5.60.